The van der Waals surface area contributed by atoms with Crippen LogP contribution in [0.15, 0.2) is 121 Å². The van der Waals surface area contributed by atoms with E-state index in [1.807, 2.05) is 36.4 Å². The fraction of sp³-hybridized carbons (Fsp3) is 0.238. The van der Waals surface area contributed by atoms with E-state index in [1.165, 1.54) is 48.9 Å². The summed E-state index contributed by atoms with van der Waals surface area (Å²) < 4.78 is 0. The van der Waals surface area contributed by atoms with Crippen molar-refractivity contribution >= 4 is 0 Å². The van der Waals surface area contributed by atoms with Crippen LogP contribution in [0.2, 0.25) is 0 Å². The summed E-state index contributed by atoms with van der Waals surface area (Å²) in [7, 11) is 0. The number of hydrogen-bond acceptors (Lipinski definition) is 4. The normalized spacial score (nSPS) is 25.0. The Balaban J connectivity index is 1.09. The predicted octanol–water partition coefficient (Wildman–Crippen LogP) is 9.66. The van der Waals surface area contributed by atoms with Crippen LogP contribution >= 0.6 is 0 Å². The Kier molecular flexibility index (Phi) is 5.72. The maximum absolute atomic E-state index is 5.42. The molecule has 6 aromatic rings. The molecule has 11 rings (SSSR count). The summed E-state index contributed by atoms with van der Waals surface area (Å²) in [4.78, 5) is 20.3. The van der Waals surface area contributed by atoms with Crippen molar-refractivity contribution in [3.8, 4) is 56.4 Å². The zero-order chi connectivity index (χ0) is 30.2. The highest BCUT2D eigenvalue weighted by molar-refractivity contribution is 5.84. The molecule has 222 valence electrons. The van der Waals surface area contributed by atoms with Crippen molar-refractivity contribution in [3.63, 3.8) is 0 Å². The lowest BCUT2D eigenvalue weighted by Crippen LogP contribution is -2.55. The molecule has 2 heterocycles. The topological polar surface area (TPSA) is 51.6 Å². The Labute approximate surface area is 269 Å². The van der Waals surface area contributed by atoms with Crippen LogP contribution in [0.25, 0.3) is 56.4 Å². The van der Waals surface area contributed by atoms with Gasteiger partial charge in [0.2, 0.25) is 0 Å². The van der Waals surface area contributed by atoms with Gasteiger partial charge in [-0.25, -0.2) is 15.0 Å². The summed E-state index contributed by atoms with van der Waals surface area (Å²) in [6, 6.07) is 40.6. The molecular formula is C42H34N4. The largest absolute Gasteiger partial charge is 0.259 e. The number of fused-ring (bicyclic) bond motifs is 3. The maximum atomic E-state index is 5.42. The molecule has 4 heteroatoms. The van der Waals surface area contributed by atoms with Crippen LogP contribution in [0, 0.1) is 23.7 Å². The summed E-state index contributed by atoms with van der Waals surface area (Å²) in [6.45, 7) is 0. The highest BCUT2D eigenvalue weighted by atomic mass is 15.0. The number of benzene rings is 4. The van der Waals surface area contributed by atoms with Crippen LogP contribution < -0.4 is 0 Å². The molecule has 4 fully saturated rings. The lowest BCUT2D eigenvalue weighted by atomic mass is 9.43. The first-order chi connectivity index (χ1) is 22.7. The zero-order valence-electron chi connectivity index (χ0n) is 25.7. The quantitative estimate of drug-likeness (QED) is 0.204. The summed E-state index contributed by atoms with van der Waals surface area (Å²) in [6.07, 6.45) is 9.07. The Morgan fingerprint density at radius 2 is 1.00 bits per heavy atom. The first-order valence-corrected chi connectivity index (χ1v) is 16.8. The van der Waals surface area contributed by atoms with Crippen molar-refractivity contribution in [2.45, 2.75) is 37.5 Å². The first-order valence-electron chi connectivity index (χ1n) is 16.8. The molecule has 5 aliphatic rings. The van der Waals surface area contributed by atoms with Gasteiger partial charge in [-0.05, 0) is 84.6 Å². The van der Waals surface area contributed by atoms with Gasteiger partial charge in [0.25, 0.3) is 0 Å². The lowest BCUT2D eigenvalue weighted by Gasteiger charge is -2.60. The van der Waals surface area contributed by atoms with Gasteiger partial charge < -0.3 is 0 Å². The highest BCUT2D eigenvalue weighted by Crippen LogP contribution is 2.69. The summed E-state index contributed by atoms with van der Waals surface area (Å²) >= 11 is 0. The first kappa shape index (κ1) is 26.3. The van der Waals surface area contributed by atoms with E-state index in [0.29, 0.717) is 29.3 Å². The molecule has 0 atom stereocenters. The van der Waals surface area contributed by atoms with Crippen LogP contribution in [0.4, 0.5) is 0 Å². The molecule has 5 aliphatic carbocycles. The lowest BCUT2D eigenvalue weighted by molar-refractivity contribution is -0.0415. The molecule has 1 spiro atoms. The van der Waals surface area contributed by atoms with Crippen LogP contribution in [-0.4, -0.2) is 19.9 Å². The van der Waals surface area contributed by atoms with Crippen molar-refractivity contribution in [1.82, 2.24) is 19.9 Å². The van der Waals surface area contributed by atoms with Gasteiger partial charge >= 0.3 is 0 Å². The van der Waals surface area contributed by atoms with E-state index in [-0.39, 0.29) is 5.41 Å². The molecule has 0 unspecified atom stereocenters. The zero-order valence-corrected chi connectivity index (χ0v) is 25.7. The average Bonchev–Trinajstić information content (AvgIpc) is 3.41. The van der Waals surface area contributed by atoms with Crippen LogP contribution in [-0.2, 0) is 5.41 Å². The van der Waals surface area contributed by atoms with Crippen molar-refractivity contribution < 1.29 is 0 Å². The van der Waals surface area contributed by atoms with E-state index >= 15 is 0 Å². The Hall–Kier alpha value is -4.96. The van der Waals surface area contributed by atoms with E-state index in [2.05, 4.69) is 85.1 Å². The number of hydrogen-bond donors (Lipinski definition) is 0. The van der Waals surface area contributed by atoms with E-state index in [4.69, 9.17) is 19.9 Å². The van der Waals surface area contributed by atoms with Gasteiger partial charge in [0.1, 0.15) is 0 Å². The third kappa shape index (κ3) is 3.86. The third-order valence-electron chi connectivity index (χ3n) is 11.5. The minimum atomic E-state index is 0.0896. The Bertz CT molecular complexity index is 2030. The molecule has 0 N–H and O–H groups in total. The Morgan fingerprint density at radius 3 is 1.65 bits per heavy atom. The second kappa shape index (κ2) is 10.0. The minimum absolute atomic E-state index is 0.0896. The standard InChI is InChI=1S/C42H34N4/c1-3-10-28(11-4-1)39-44-40(29-12-5-2-6-13-29)46-41(45-39)31-15-9-14-30(23-31)32-24-36-35-16-7-8-17-37(35)42(38(36)43-25-32)33-19-26-18-27(21-33)22-34(42)20-26/h1-17,23-27,33-34H,18-22H2. The second-order valence-electron chi connectivity index (χ2n) is 14.0. The van der Waals surface area contributed by atoms with Crippen molar-refractivity contribution in [1.29, 1.82) is 0 Å². The summed E-state index contributed by atoms with van der Waals surface area (Å²) in [5.41, 5.74) is 10.9. The fourth-order valence-corrected chi connectivity index (χ4v) is 9.89. The molecule has 0 amide bonds. The van der Waals surface area contributed by atoms with Crippen molar-refractivity contribution in [3.05, 3.63) is 133 Å². The molecule has 4 aromatic carbocycles. The summed E-state index contributed by atoms with van der Waals surface area (Å²) in [5, 5.41) is 0. The second-order valence-corrected chi connectivity index (χ2v) is 14.0. The molecule has 4 nitrogen and oxygen atoms in total. The molecule has 4 saturated carbocycles. The number of rotatable bonds is 4. The predicted molar refractivity (Wildman–Crippen MR) is 183 cm³/mol. The molecule has 0 aliphatic heterocycles. The number of aromatic nitrogens is 4. The number of nitrogens with zero attached hydrogens (tertiary/aromatic N) is 4. The molecule has 46 heavy (non-hydrogen) atoms. The molecule has 0 radical (unpaired) electrons. The molecule has 4 bridgehead atoms. The van der Waals surface area contributed by atoms with Gasteiger partial charge in [0.05, 0.1) is 5.69 Å². The van der Waals surface area contributed by atoms with E-state index < -0.39 is 0 Å². The van der Waals surface area contributed by atoms with E-state index in [0.717, 1.165) is 39.7 Å². The van der Waals surface area contributed by atoms with Gasteiger partial charge in [-0.2, -0.15) is 0 Å². The minimum Gasteiger partial charge on any atom is -0.259 e. The fourth-order valence-electron chi connectivity index (χ4n) is 9.89. The van der Waals surface area contributed by atoms with Gasteiger partial charge in [0, 0.05) is 39.4 Å². The van der Waals surface area contributed by atoms with Crippen molar-refractivity contribution in [2.75, 3.05) is 0 Å². The van der Waals surface area contributed by atoms with Crippen LogP contribution in [0.3, 0.4) is 0 Å². The monoisotopic (exact) mass is 594 g/mol. The van der Waals surface area contributed by atoms with E-state index in [1.54, 1.807) is 5.56 Å². The SMILES string of the molecule is c1ccc(-c2nc(-c3ccccc3)nc(-c3cccc(-c4cnc5c(c4)-c4ccccc4C54C5CC6CC(C5)CC4C6)c3)n2)cc1. The molecule has 2 aromatic heterocycles. The molecule has 0 saturated heterocycles. The average molecular weight is 595 g/mol. The van der Waals surface area contributed by atoms with Crippen LogP contribution in [0.5, 0.6) is 0 Å². The van der Waals surface area contributed by atoms with Crippen LogP contribution in [0.1, 0.15) is 43.4 Å². The summed E-state index contributed by atoms with van der Waals surface area (Å²) in [5.74, 6) is 5.29. The third-order valence-corrected chi connectivity index (χ3v) is 11.5. The van der Waals surface area contributed by atoms with Crippen molar-refractivity contribution in [2.24, 2.45) is 23.7 Å². The highest BCUT2D eigenvalue weighted by Gasteiger charge is 2.62. The van der Waals surface area contributed by atoms with Gasteiger partial charge in [-0.1, -0.05) is 103 Å². The van der Waals surface area contributed by atoms with E-state index in [9.17, 15) is 0 Å². The Morgan fingerprint density at radius 1 is 0.457 bits per heavy atom. The van der Waals surface area contributed by atoms with Gasteiger partial charge in [-0.3, -0.25) is 4.98 Å². The molecular weight excluding hydrogens is 560 g/mol. The van der Waals surface area contributed by atoms with Gasteiger partial charge in [-0.15, -0.1) is 0 Å². The number of pyridine rings is 1. The van der Waals surface area contributed by atoms with Gasteiger partial charge in [0.15, 0.2) is 17.5 Å². The maximum Gasteiger partial charge on any atom is 0.164 e. The smallest absolute Gasteiger partial charge is 0.164 e.